The summed E-state index contributed by atoms with van der Waals surface area (Å²) in [6, 6.07) is 7.93. The van der Waals surface area contributed by atoms with Crippen LogP contribution in [-0.2, 0) is 11.2 Å². The number of aromatic amines is 1. The molecule has 2 aromatic rings. The fourth-order valence-corrected chi connectivity index (χ4v) is 3.08. The SMILES string of the molecule is O=C(CCCc1ccccn1)N1CCC[C@@H](c2ccn[nH]2)C1. The number of hydrogen-bond acceptors (Lipinski definition) is 3. The minimum atomic E-state index is 0.264. The van der Waals surface area contributed by atoms with Crippen LogP contribution in [0.3, 0.4) is 0 Å². The summed E-state index contributed by atoms with van der Waals surface area (Å²) in [5, 5.41) is 7.05. The lowest BCUT2D eigenvalue weighted by molar-refractivity contribution is -0.132. The highest BCUT2D eigenvalue weighted by Crippen LogP contribution is 2.25. The Kier molecular flexibility index (Phi) is 4.83. The van der Waals surface area contributed by atoms with Crippen molar-refractivity contribution in [3.8, 4) is 0 Å². The molecule has 1 aliphatic rings. The third-order valence-electron chi connectivity index (χ3n) is 4.29. The van der Waals surface area contributed by atoms with E-state index in [1.54, 1.807) is 12.4 Å². The van der Waals surface area contributed by atoms with Gasteiger partial charge in [-0.1, -0.05) is 6.07 Å². The Morgan fingerprint density at radius 2 is 2.27 bits per heavy atom. The Bertz CT molecular complexity index is 582. The summed E-state index contributed by atoms with van der Waals surface area (Å²) in [6.45, 7) is 1.69. The quantitative estimate of drug-likeness (QED) is 0.922. The van der Waals surface area contributed by atoms with Crippen molar-refractivity contribution in [1.82, 2.24) is 20.1 Å². The van der Waals surface area contributed by atoms with E-state index >= 15 is 0 Å². The standard InChI is InChI=1S/C17H22N4O/c22-17(8-3-7-15-6-1-2-10-18-15)21-12-4-5-14(13-21)16-9-11-19-20-16/h1-2,6,9-11,14H,3-5,7-8,12-13H2,(H,19,20)/t14-/m1/s1. The highest BCUT2D eigenvalue weighted by molar-refractivity contribution is 5.76. The Balaban J connectivity index is 1.47. The first-order chi connectivity index (χ1) is 10.8. The molecule has 1 aliphatic heterocycles. The van der Waals surface area contributed by atoms with Crippen molar-refractivity contribution < 1.29 is 4.79 Å². The summed E-state index contributed by atoms with van der Waals surface area (Å²) >= 11 is 0. The van der Waals surface area contributed by atoms with Gasteiger partial charge in [0.15, 0.2) is 0 Å². The minimum absolute atomic E-state index is 0.264. The third-order valence-corrected chi connectivity index (χ3v) is 4.29. The number of carbonyl (C=O) groups is 1. The molecule has 1 amide bonds. The maximum absolute atomic E-state index is 12.4. The van der Waals surface area contributed by atoms with Gasteiger partial charge in [0.2, 0.25) is 5.91 Å². The normalized spacial score (nSPS) is 18.4. The van der Waals surface area contributed by atoms with Gasteiger partial charge in [-0.15, -0.1) is 0 Å². The first kappa shape index (κ1) is 14.8. The number of rotatable bonds is 5. The molecule has 116 valence electrons. The van der Waals surface area contributed by atoms with Gasteiger partial charge in [-0.3, -0.25) is 14.9 Å². The minimum Gasteiger partial charge on any atom is -0.342 e. The van der Waals surface area contributed by atoms with E-state index in [0.29, 0.717) is 12.3 Å². The van der Waals surface area contributed by atoms with Crippen LogP contribution in [-0.4, -0.2) is 39.1 Å². The van der Waals surface area contributed by atoms with Gasteiger partial charge in [0.05, 0.1) is 0 Å². The number of nitrogens with zero attached hydrogens (tertiary/aromatic N) is 3. The number of H-pyrrole nitrogens is 1. The molecule has 22 heavy (non-hydrogen) atoms. The summed E-state index contributed by atoms with van der Waals surface area (Å²) in [5.41, 5.74) is 2.20. The molecule has 0 saturated carbocycles. The second kappa shape index (κ2) is 7.20. The van der Waals surface area contributed by atoms with E-state index in [9.17, 15) is 4.79 Å². The Morgan fingerprint density at radius 1 is 1.32 bits per heavy atom. The van der Waals surface area contributed by atoms with Crippen molar-refractivity contribution in [2.45, 2.75) is 38.0 Å². The van der Waals surface area contributed by atoms with E-state index in [0.717, 1.165) is 50.2 Å². The lowest BCUT2D eigenvalue weighted by Crippen LogP contribution is -2.39. The van der Waals surface area contributed by atoms with E-state index in [-0.39, 0.29) is 5.91 Å². The van der Waals surface area contributed by atoms with Crippen LogP contribution >= 0.6 is 0 Å². The van der Waals surface area contributed by atoms with Crippen LogP contribution in [0, 0.1) is 0 Å². The van der Waals surface area contributed by atoms with Gasteiger partial charge in [0.25, 0.3) is 0 Å². The number of aryl methyl sites for hydroxylation is 1. The zero-order chi connectivity index (χ0) is 15.2. The predicted molar refractivity (Wildman–Crippen MR) is 84.3 cm³/mol. The smallest absolute Gasteiger partial charge is 0.222 e. The molecule has 5 heteroatoms. The summed E-state index contributed by atoms with van der Waals surface area (Å²) in [6.07, 6.45) is 8.10. The number of carbonyl (C=O) groups excluding carboxylic acids is 1. The largest absolute Gasteiger partial charge is 0.342 e. The molecule has 0 aliphatic carbocycles. The molecule has 0 radical (unpaired) electrons. The number of amides is 1. The molecule has 0 aromatic carbocycles. The highest BCUT2D eigenvalue weighted by atomic mass is 16.2. The second-order valence-electron chi connectivity index (χ2n) is 5.87. The molecule has 1 N–H and O–H groups in total. The average Bonchev–Trinajstić information content (AvgIpc) is 3.10. The number of likely N-dealkylation sites (tertiary alicyclic amines) is 1. The van der Waals surface area contributed by atoms with E-state index in [1.807, 2.05) is 29.2 Å². The molecule has 5 nitrogen and oxygen atoms in total. The Morgan fingerprint density at radius 3 is 3.05 bits per heavy atom. The van der Waals surface area contributed by atoms with E-state index in [2.05, 4.69) is 15.2 Å². The van der Waals surface area contributed by atoms with Gasteiger partial charge in [0, 0.05) is 49.2 Å². The predicted octanol–water partition coefficient (Wildman–Crippen LogP) is 2.53. The van der Waals surface area contributed by atoms with E-state index < -0.39 is 0 Å². The molecule has 0 unspecified atom stereocenters. The monoisotopic (exact) mass is 298 g/mol. The van der Waals surface area contributed by atoms with Crippen LogP contribution in [0.5, 0.6) is 0 Å². The average molecular weight is 298 g/mol. The molecule has 1 atom stereocenters. The van der Waals surface area contributed by atoms with E-state index in [4.69, 9.17) is 0 Å². The van der Waals surface area contributed by atoms with Crippen molar-refractivity contribution in [3.63, 3.8) is 0 Å². The van der Waals surface area contributed by atoms with Crippen molar-refractivity contribution in [3.05, 3.63) is 48.0 Å². The summed E-state index contributed by atoms with van der Waals surface area (Å²) < 4.78 is 0. The zero-order valence-corrected chi connectivity index (χ0v) is 12.7. The highest BCUT2D eigenvalue weighted by Gasteiger charge is 2.25. The summed E-state index contributed by atoms with van der Waals surface area (Å²) in [7, 11) is 0. The van der Waals surface area contributed by atoms with Gasteiger partial charge >= 0.3 is 0 Å². The van der Waals surface area contributed by atoms with Crippen LogP contribution in [0.15, 0.2) is 36.7 Å². The fraction of sp³-hybridized carbons (Fsp3) is 0.471. The second-order valence-corrected chi connectivity index (χ2v) is 5.87. The molecule has 1 fully saturated rings. The third kappa shape index (κ3) is 3.72. The lowest BCUT2D eigenvalue weighted by Gasteiger charge is -2.32. The first-order valence-corrected chi connectivity index (χ1v) is 8.00. The van der Waals surface area contributed by atoms with Crippen LogP contribution < -0.4 is 0 Å². The first-order valence-electron chi connectivity index (χ1n) is 8.00. The van der Waals surface area contributed by atoms with Crippen molar-refractivity contribution >= 4 is 5.91 Å². The van der Waals surface area contributed by atoms with Gasteiger partial charge < -0.3 is 4.90 Å². The Labute approximate surface area is 130 Å². The van der Waals surface area contributed by atoms with Crippen molar-refractivity contribution in [1.29, 1.82) is 0 Å². The maximum Gasteiger partial charge on any atom is 0.222 e. The number of nitrogens with one attached hydrogen (secondary N) is 1. The van der Waals surface area contributed by atoms with Crippen molar-refractivity contribution in [2.24, 2.45) is 0 Å². The fourth-order valence-electron chi connectivity index (χ4n) is 3.08. The molecule has 0 bridgehead atoms. The van der Waals surface area contributed by atoms with Crippen molar-refractivity contribution in [2.75, 3.05) is 13.1 Å². The number of piperidine rings is 1. The number of hydrogen-bond donors (Lipinski definition) is 1. The van der Waals surface area contributed by atoms with Gasteiger partial charge in [-0.05, 0) is 43.9 Å². The summed E-state index contributed by atoms with van der Waals surface area (Å²) in [5.74, 6) is 0.663. The molecular weight excluding hydrogens is 276 g/mol. The number of aromatic nitrogens is 3. The van der Waals surface area contributed by atoms with Crippen LogP contribution in [0.2, 0.25) is 0 Å². The molecule has 0 spiro atoms. The molecule has 2 aromatic heterocycles. The molecule has 3 rings (SSSR count). The van der Waals surface area contributed by atoms with Crippen LogP contribution in [0.25, 0.3) is 0 Å². The Hall–Kier alpha value is -2.17. The van der Waals surface area contributed by atoms with E-state index in [1.165, 1.54) is 0 Å². The lowest BCUT2D eigenvalue weighted by atomic mass is 9.94. The molecular formula is C17H22N4O. The molecule has 3 heterocycles. The summed E-state index contributed by atoms with van der Waals surface area (Å²) in [4.78, 5) is 18.7. The zero-order valence-electron chi connectivity index (χ0n) is 12.7. The number of pyridine rings is 1. The van der Waals surface area contributed by atoms with Crippen LogP contribution in [0.4, 0.5) is 0 Å². The van der Waals surface area contributed by atoms with Gasteiger partial charge in [-0.25, -0.2) is 0 Å². The van der Waals surface area contributed by atoms with Gasteiger partial charge in [0.1, 0.15) is 0 Å². The van der Waals surface area contributed by atoms with Gasteiger partial charge in [-0.2, -0.15) is 5.10 Å². The molecule has 1 saturated heterocycles. The maximum atomic E-state index is 12.4. The van der Waals surface area contributed by atoms with Crippen LogP contribution in [0.1, 0.15) is 43.0 Å². The topological polar surface area (TPSA) is 61.9 Å².